The van der Waals surface area contributed by atoms with Crippen molar-refractivity contribution in [1.29, 1.82) is 0 Å². The molecule has 2 N–H and O–H groups in total. The third-order valence-electron chi connectivity index (χ3n) is 4.30. The fourth-order valence-electron chi connectivity index (χ4n) is 3.05. The Morgan fingerprint density at radius 3 is 2.92 bits per heavy atom. The zero-order chi connectivity index (χ0) is 18.6. The number of pyridine rings is 1. The van der Waals surface area contributed by atoms with E-state index in [-0.39, 0.29) is 17.6 Å². The number of benzene rings is 1. The highest BCUT2D eigenvalue weighted by Gasteiger charge is 2.34. The zero-order valence-electron chi connectivity index (χ0n) is 14.0. The molecule has 1 saturated carbocycles. The zero-order valence-corrected chi connectivity index (χ0v) is 15.5. The van der Waals surface area contributed by atoms with Crippen molar-refractivity contribution in [3.05, 3.63) is 63.9 Å². The number of aliphatic hydroxyl groups is 1. The Kier molecular flexibility index (Phi) is 5.83. The van der Waals surface area contributed by atoms with Gasteiger partial charge in [0.15, 0.2) is 0 Å². The molecule has 0 bridgehead atoms. The van der Waals surface area contributed by atoms with Crippen LogP contribution in [0, 0.1) is 11.8 Å². The summed E-state index contributed by atoms with van der Waals surface area (Å²) in [6.45, 7) is 0. The van der Waals surface area contributed by atoms with Crippen molar-refractivity contribution < 1.29 is 9.90 Å². The maximum absolute atomic E-state index is 12.4. The van der Waals surface area contributed by atoms with Crippen molar-refractivity contribution in [2.24, 2.45) is 0 Å². The summed E-state index contributed by atoms with van der Waals surface area (Å²) in [5, 5.41) is 14.6. The number of halogens is 2. The summed E-state index contributed by atoms with van der Waals surface area (Å²) in [7, 11) is 0. The lowest BCUT2D eigenvalue weighted by Crippen LogP contribution is -2.45. The third kappa shape index (κ3) is 4.76. The van der Waals surface area contributed by atoms with Gasteiger partial charge in [-0.2, -0.15) is 0 Å². The van der Waals surface area contributed by atoms with Gasteiger partial charge in [0, 0.05) is 29.2 Å². The average Bonchev–Trinajstić information content (AvgIpc) is 2.61. The fraction of sp³-hybridized carbons (Fsp3) is 0.300. The van der Waals surface area contributed by atoms with Gasteiger partial charge in [0.1, 0.15) is 11.3 Å². The van der Waals surface area contributed by atoms with E-state index in [1.807, 2.05) is 12.1 Å². The van der Waals surface area contributed by atoms with E-state index in [9.17, 15) is 9.90 Å². The SMILES string of the molecule is O=C(N[C@H]1CCC[C@@](O)(C#Cc2cccc(Cl)c2)C1)c1ncccc1Cl. The Hall–Kier alpha value is -2.06. The first-order valence-corrected chi connectivity index (χ1v) is 9.13. The van der Waals surface area contributed by atoms with Crippen molar-refractivity contribution in [3.8, 4) is 11.8 Å². The molecule has 1 aromatic heterocycles. The van der Waals surface area contributed by atoms with E-state index < -0.39 is 5.60 Å². The summed E-state index contributed by atoms with van der Waals surface area (Å²) in [6, 6.07) is 10.3. The minimum absolute atomic E-state index is 0.187. The first kappa shape index (κ1) is 18.7. The minimum atomic E-state index is -1.15. The lowest BCUT2D eigenvalue weighted by molar-refractivity contribution is 0.0451. The molecule has 1 heterocycles. The molecule has 0 spiro atoms. The smallest absolute Gasteiger partial charge is 0.271 e. The molecule has 26 heavy (non-hydrogen) atoms. The number of nitrogens with zero attached hydrogens (tertiary/aromatic N) is 1. The fourth-order valence-corrected chi connectivity index (χ4v) is 3.45. The van der Waals surface area contributed by atoms with Crippen LogP contribution >= 0.6 is 23.2 Å². The molecule has 1 aromatic carbocycles. The van der Waals surface area contributed by atoms with Crippen molar-refractivity contribution in [3.63, 3.8) is 0 Å². The minimum Gasteiger partial charge on any atom is -0.378 e. The van der Waals surface area contributed by atoms with Gasteiger partial charge >= 0.3 is 0 Å². The molecule has 1 aliphatic rings. The van der Waals surface area contributed by atoms with Crippen LogP contribution in [-0.2, 0) is 0 Å². The predicted molar refractivity (Wildman–Crippen MR) is 102 cm³/mol. The van der Waals surface area contributed by atoms with E-state index in [1.165, 1.54) is 6.20 Å². The summed E-state index contributed by atoms with van der Waals surface area (Å²) in [6.07, 6.45) is 3.99. The molecule has 2 aromatic rings. The molecule has 134 valence electrons. The number of amides is 1. The molecule has 0 unspecified atom stereocenters. The molecule has 4 nitrogen and oxygen atoms in total. The monoisotopic (exact) mass is 388 g/mol. The number of rotatable bonds is 2. The van der Waals surface area contributed by atoms with Crippen LogP contribution in [0.4, 0.5) is 0 Å². The largest absolute Gasteiger partial charge is 0.378 e. The number of aromatic nitrogens is 1. The van der Waals surface area contributed by atoms with Crippen LogP contribution in [0.15, 0.2) is 42.6 Å². The van der Waals surface area contributed by atoms with Crippen LogP contribution in [0.25, 0.3) is 0 Å². The van der Waals surface area contributed by atoms with Gasteiger partial charge in [0.25, 0.3) is 5.91 Å². The van der Waals surface area contributed by atoms with Crippen molar-refractivity contribution in [1.82, 2.24) is 10.3 Å². The van der Waals surface area contributed by atoms with Gasteiger partial charge in [-0.1, -0.05) is 41.1 Å². The van der Waals surface area contributed by atoms with Gasteiger partial charge in [-0.05, 0) is 49.6 Å². The number of hydrogen-bond acceptors (Lipinski definition) is 3. The maximum Gasteiger partial charge on any atom is 0.271 e. The summed E-state index contributed by atoms with van der Waals surface area (Å²) in [4.78, 5) is 16.4. The van der Waals surface area contributed by atoms with Gasteiger partial charge < -0.3 is 10.4 Å². The standard InChI is InChI=1S/C20H18Cl2N2O2/c21-15-5-1-4-14(12-15)8-10-20(26)9-2-6-16(13-20)24-19(25)18-17(22)7-3-11-23-18/h1,3-5,7,11-12,16,26H,2,6,9,13H2,(H,24,25)/t16-,20+/m0/s1. The highest BCUT2D eigenvalue weighted by molar-refractivity contribution is 6.33. The molecule has 0 saturated heterocycles. The van der Waals surface area contributed by atoms with Crippen molar-refractivity contribution in [2.45, 2.75) is 37.3 Å². The van der Waals surface area contributed by atoms with E-state index in [0.29, 0.717) is 22.9 Å². The molecule has 2 atom stereocenters. The highest BCUT2D eigenvalue weighted by atomic mass is 35.5. The van der Waals surface area contributed by atoms with Crippen LogP contribution in [0.1, 0.15) is 41.7 Å². The average molecular weight is 389 g/mol. The Labute approximate surface area is 162 Å². The molecule has 3 rings (SSSR count). The summed E-state index contributed by atoms with van der Waals surface area (Å²) in [5.74, 6) is 5.59. The number of carbonyl (C=O) groups excluding carboxylic acids is 1. The first-order chi connectivity index (χ1) is 12.5. The van der Waals surface area contributed by atoms with Crippen molar-refractivity contribution >= 4 is 29.1 Å². The Morgan fingerprint density at radius 1 is 1.31 bits per heavy atom. The molecule has 0 radical (unpaired) electrons. The summed E-state index contributed by atoms with van der Waals surface area (Å²) >= 11 is 12.0. The Bertz CT molecular complexity index is 875. The molecular formula is C20H18Cl2N2O2. The summed E-state index contributed by atoms with van der Waals surface area (Å²) in [5.41, 5.74) is -0.211. The predicted octanol–water partition coefficient (Wildman–Crippen LogP) is 3.84. The highest BCUT2D eigenvalue weighted by Crippen LogP contribution is 2.28. The van der Waals surface area contributed by atoms with E-state index in [4.69, 9.17) is 23.2 Å². The second-order valence-electron chi connectivity index (χ2n) is 6.39. The Morgan fingerprint density at radius 2 is 2.15 bits per heavy atom. The number of nitrogens with one attached hydrogen (secondary N) is 1. The lowest BCUT2D eigenvalue weighted by atomic mass is 9.82. The molecule has 0 aliphatic heterocycles. The lowest BCUT2D eigenvalue weighted by Gasteiger charge is -2.33. The number of carbonyl (C=O) groups is 1. The third-order valence-corrected chi connectivity index (χ3v) is 4.84. The molecule has 1 amide bonds. The molecule has 6 heteroatoms. The van der Waals surface area contributed by atoms with E-state index in [2.05, 4.69) is 22.1 Å². The van der Waals surface area contributed by atoms with Crippen LogP contribution in [0.2, 0.25) is 10.0 Å². The first-order valence-electron chi connectivity index (χ1n) is 8.38. The van der Waals surface area contributed by atoms with E-state index in [0.717, 1.165) is 18.4 Å². The molecule has 1 fully saturated rings. The van der Waals surface area contributed by atoms with E-state index >= 15 is 0 Å². The van der Waals surface area contributed by atoms with Crippen molar-refractivity contribution in [2.75, 3.05) is 0 Å². The van der Waals surface area contributed by atoms with Gasteiger partial charge in [0.05, 0.1) is 5.02 Å². The van der Waals surface area contributed by atoms with Gasteiger partial charge in [-0.25, -0.2) is 4.98 Å². The topological polar surface area (TPSA) is 62.2 Å². The number of hydrogen-bond donors (Lipinski definition) is 2. The van der Waals surface area contributed by atoms with Gasteiger partial charge in [0.2, 0.25) is 0 Å². The van der Waals surface area contributed by atoms with Crippen LogP contribution in [0.5, 0.6) is 0 Å². The second kappa shape index (κ2) is 8.09. The van der Waals surface area contributed by atoms with E-state index in [1.54, 1.807) is 24.3 Å². The van der Waals surface area contributed by atoms with Crippen LogP contribution in [-0.4, -0.2) is 27.6 Å². The maximum atomic E-state index is 12.4. The second-order valence-corrected chi connectivity index (χ2v) is 7.24. The van der Waals surface area contributed by atoms with Gasteiger partial charge in [-0.3, -0.25) is 4.79 Å². The molecule has 1 aliphatic carbocycles. The Balaban J connectivity index is 1.69. The quantitative estimate of drug-likeness (QED) is 0.768. The normalized spacial score (nSPS) is 22.2. The van der Waals surface area contributed by atoms with Crippen LogP contribution in [0.3, 0.4) is 0 Å². The van der Waals surface area contributed by atoms with Gasteiger partial charge in [-0.15, -0.1) is 0 Å². The van der Waals surface area contributed by atoms with Crippen LogP contribution < -0.4 is 5.32 Å². The molecular weight excluding hydrogens is 371 g/mol. The summed E-state index contributed by atoms with van der Waals surface area (Å²) < 4.78 is 0.